The molecule has 12 aromatic rings. The second-order valence-corrected chi connectivity index (χ2v) is 31.0. The maximum Gasteiger partial charge on any atom is 0.805 e. The molecule has 0 heterocycles. The van der Waals surface area contributed by atoms with Gasteiger partial charge in [0.05, 0.1) is 0 Å². The normalized spacial score (nSPS) is 12.1. The predicted molar refractivity (Wildman–Crippen MR) is 429 cm³/mol. The lowest BCUT2D eigenvalue weighted by atomic mass is 9.78. The summed E-state index contributed by atoms with van der Waals surface area (Å²) >= 11 is 0. The minimum absolute atomic E-state index is 0.260. The summed E-state index contributed by atoms with van der Waals surface area (Å²) < 4.78 is 154. The Balaban J connectivity index is 0.000000167. The molecule has 562 valence electrons. The van der Waals surface area contributed by atoms with Crippen molar-refractivity contribution in [3.63, 3.8) is 0 Å². The molecular formula is C85H76O20P6+4. The smallest absolute Gasteiger partial charge is 0.386 e. The second kappa shape index (κ2) is 39.0. The fraction of sp³-hybridized carbons (Fsp3) is 0.106. The van der Waals surface area contributed by atoms with Crippen LogP contribution >= 0.6 is 48.7 Å². The number of para-hydroxylation sites is 7. The van der Waals surface area contributed by atoms with E-state index in [4.69, 9.17) is 63.3 Å². The molecule has 13 rings (SSSR count). The van der Waals surface area contributed by atoms with Crippen molar-refractivity contribution in [3.05, 3.63) is 367 Å². The van der Waals surface area contributed by atoms with Gasteiger partial charge in [-0.3, -0.25) is 0 Å². The van der Waals surface area contributed by atoms with Crippen LogP contribution in [0.1, 0.15) is 60.1 Å². The summed E-state index contributed by atoms with van der Waals surface area (Å²) in [4.78, 5) is 0. The molecule has 0 aliphatic heterocycles. The molecule has 0 aromatic heterocycles. The molecule has 0 spiro atoms. The van der Waals surface area contributed by atoms with Gasteiger partial charge in [0, 0.05) is 36.2 Å². The van der Waals surface area contributed by atoms with Gasteiger partial charge in [-0.2, -0.15) is 9.13 Å². The Morgan fingerprint density at radius 3 is 0.892 bits per heavy atom. The van der Waals surface area contributed by atoms with Crippen LogP contribution in [0.15, 0.2) is 333 Å². The van der Waals surface area contributed by atoms with E-state index in [9.17, 15) is 27.4 Å². The molecule has 0 radical (unpaired) electrons. The van der Waals surface area contributed by atoms with Crippen molar-refractivity contribution in [3.8, 4) is 85.9 Å². The number of phosphoric ester groups is 2. The van der Waals surface area contributed by atoms with E-state index in [1.54, 1.807) is 194 Å². The molecule has 0 bridgehead atoms. The van der Waals surface area contributed by atoms with Gasteiger partial charge in [-0.25, -0.2) is 36.2 Å². The lowest BCUT2D eigenvalue weighted by Crippen LogP contribution is -2.18. The minimum atomic E-state index is -4.09. The summed E-state index contributed by atoms with van der Waals surface area (Å²) in [5, 5.41) is 0. The van der Waals surface area contributed by atoms with E-state index in [-0.39, 0.29) is 11.5 Å². The third kappa shape index (κ3) is 24.6. The van der Waals surface area contributed by atoms with Gasteiger partial charge in [-0.1, -0.05) is 208 Å². The molecular weight excluding hydrogens is 1530 g/mol. The van der Waals surface area contributed by atoms with Crippen molar-refractivity contribution in [2.24, 2.45) is 0 Å². The maximum atomic E-state index is 13.7. The molecule has 111 heavy (non-hydrogen) atoms. The van der Waals surface area contributed by atoms with Crippen molar-refractivity contribution < 1.29 is 90.7 Å². The first-order valence-electron chi connectivity index (χ1n) is 34.6. The Hall–Kier alpha value is -11.8. The molecule has 0 amide bonds. The van der Waals surface area contributed by atoms with Gasteiger partial charge in [-0.15, -0.1) is 0 Å². The zero-order chi connectivity index (χ0) is 78.0. The molecule has 0 N–H and O–H groups in total. The average molecular weight is 1600 g/mol. The van der Waals surface area contributed by atoms with Crippen LogP contribution in [0.25, 0.3) is 11.1 Å². The zero-order valence-corrected chi connectivity index (χ0v) is 66.3. The summed E-state index contributed by atoms with van der Waals surface area (Å²) in [7, 11) is -17.8. The highest BCUT2D eigenvalue weighted by Crippen LogP contribution is 2.52. The Bertz CT molecular complexity index is 5060. The highest BCUT2D eigenvalue weighted by atomic mass is 31.2. The van der Waals surface area contributed by atoms with Crippen molar-refractivity contribution in [1.29, 1.82) is 0 Å². The van der Waals surface area contributed by atoms with Crippen molar-refractivity contribution in [2.45, 2.75) is 59.8 Å². The highest BCUT2D eigenvalue weighted by Gasteiger charge is 2.36. The van der Waals surface area contributed by atoms with E-state index >= 15 is 0 Å². The lowest BCUT2D eigenvalue weighted by Gasteiger charge is -2.26. The Morgan fingerprint density at radius 1 is 0.288 bits per heavy atom. The topological polar surface area (TPSA) is 232 Å². The molecule has 26 heteroatoms. The lowest BCUT2D eigenvalue weighted by molar-refractivity contribution is 0.296. The quantitative estimate of drug-likeness (QED) is 0.0367. The molecule has 1 aliphatic carbocycles. The van der Waals surface area contributed by atoms with E-state index in [0.717, 1.165) is 50.9 Å². The van der Waals surface area contributed by atoms with Gasteiger partial charge >= 0.3 is 48.7 Å². The highest BCUT2D eigenvalue weighted by molar-refractivity contribution is 7.50. The van der Waals surface area contributed by atoms with Crippen molar-refractivity contribution in [2.75, 3.05) is 0 Å². The number of aryl methyl sites for hydroxylation is 4. The van der Waals surface area contributed by atoms with Gasteiger partial charge < -0.3 is 27.1 Å². The van der Waals surface area contributed by atoms with Crippen LogP contribution in [-0.4, -0.2) is 0 Å². The van der Waals surface area contributed by atoms with Crippen molar-refractivity contribution in [1.82, 2.24) is 0 Å². The monoisotopic (exact) mass is 1600 g/mol. The molecule has 0 saturated heterocycles. The summed E-state index contributed by atoms with van der Waals surface area (Å²) in [6.07, 6.45) is 7.24. The van der Waals surface area contributed by atoms with E-state index < -0.39 is 54.1 Å². The van der Waals surface area contributed by atoms with Crippen LogP contribution in [0.3, 0.4) is 0 Å². The minimum Gasteiger partial charge on any atom is -0.386 e. The van der Waals surface area contributed by atoms with Gasteiger partial charge in [0.25, 0.3) is 0 Å². The van der Waals surface area contributed by atoms with E-state index in [0.29, 0.717) is 75.4 Å². The average Bonchev–Trinajstić information content (AvgIpc) is 0.812. The summed E-state index contributed by atoms with van der Waals surface area (Å²) in [5.74, 6) is 5.63. The number of phosphoric acid groups is 2. The fourth-order valence-corrected chi connectivity index (χ4v) is 15.9. The van der Waals surface area contributed by atoms with E-state index in [1.807, 2.05) is 155 Å². The molecule has 4 atom stereocenters. The first-order valence-corrected chi connectivity index (χ1v) is 41.9. The largest absolute Gasteiger partial charge is 0.805 e. The number of allylic oxidation sites excluding steroid dienone is 4. The summed E-state index contributed by atoms with van der Waals surface area (Å²) in [6, 6.07) is 90.1. The SMILES string of the molecule is CC(C)(c1ccc(O[P+](=O)Oc2ccccc2)cc1)c1ccc(OP(=O)(Oc2ccccc2)Oc2ccccc2)cc1.Cc1cccc(C)c1O[P+](=O)Oc1cccc(O[P+](=O)Oc2c(C)cccc2C)c1.O=[P+](OC1=CC=CCC1)Oc1ccc(-c2ccc(OP(=O)(Oc3ccccc3)Oc3ccccc3)cc2)cc1. The van der Waals surface area contributed by atoms with Crippen LogP contribution in [-0.2, 0) is 37.3 Å². The standard InChI is InChI=1S/C33H29O7P2.C30H25O7P2.C22H22O6P2/c1-33(2,26-18-22-29(23-19-26)37-41(34)36-28-12-6-3-7-13-28)27-20-24-32(25-21-27)40-42(35,38-30-14-8-4-9-15-30)39-31-16-10-5-11-17-31;31-38(33-26-10-4-1-5-11-26)34-27-20-16-24(17-21-27)25-18-22-30(23-19-25)37-39(32,35-28-12-6-2-7-13-28)36-29-14-8-3-9-15-29;1-15-8-5-9-16(2)21(15)27-29(23)25-19-12-7-13-20(14-19)26-30(24)28-22-17(3)10-6-11-18(22)4/h3-25H,1-2H3;1-4,6-10,12-23H,5,11H2;5-14H,1-4H3/q2*+1;+2. The maximum absolute atomic E-state index is 13.7. The third-order valence-electron chi connectivity index (χ3n) is 16.2. The van der Waals surface area contributed by atoms with Gasteiger partial charge in [-0.05, 0) is 206 Å². The number of hydrogen-bond donors (Lipinski definition) is 0. The molecule has 0 saturated carbocycles. The van der Waals surface area contributed by atoms with E-state index in [2.05, 4.69) is 13.8 Å². The van der Waals surface area contributed by atoms with Gasteiger partial charge in [0.15, 0.2) is 46.0 Å². The molecule has 20 nitrogen and oxygen atoms in total. The van der Waals surface area contributed by atoms with Crippen molar-refractivity contribution >= 4 is 48.7 Å². The molecule has 12 aromatic carbocycles. The van der Waals surface area contributed by atoms with Crippen LogP contribution in [0, 0.1) is 27.7 Å². The number of hydrogen-bond acceptors (Lipinski definition) is 20. The Morgan fingerprint density at radius 2 is 0.550 bits per heavy atom. The van der Waals surface area contributed by atoms with Gasteiger partial charge in [0.2, 0.25) is 0 Å². The number of benzene rings is 12. The number of rotatable bonds is 31. The van der Waals surface area contributed by atoms with Crippen LogP contribution < -0.4 is 58.8 Å². The Labute approximate surface area is 648 Å². The van der Waals surface area contributed by atoms with Crippen LogP contribution in [0.4, 0.5) is 0 Å². The zero-order valence-electron chi connectivity index (χ0n) is 60.9. The molecule has 0 fully saturated rings. The second-order valence-electron chi connectivity index (χ2n) is 24.9. The summed E-state index contributed by atoms with van der Waals surface area (Å²) in [5.41, 5.74) is 6.83. The third-order valence-corrected chi connectivity index (χ3v) is 21.7. The Kier molecular flexibility index (Phi) is 28.2. The van der Waals surface area contributed by atoms with Crippen LogP contribution in [0.5, 0.6) is 74.7 Å². The first-order chi connectivity index (χ1) is 53.7. The molecule has 1 aliphatic rings. The van der Waals surface area contributed by atoms with Crippen LogP contribution in [0.2, 0.25) is 0 Å². The summed E-state index contributed by atoms with van der Waals surface area (Å²) in [6.45, 7) is 11.6. The predicted octanol–water partition coefficient (Wildman–Crippen LogP) is 26.2. The first kappa shape index (κ1) is 80.2. The fourth-order valence-electron chi connectivity index (χ4n) is 10.6. The molecule has 4 unspecified atom stereocenters. The van der Waals surface area contributed by atoms with E-state index in [1.165, 1.54) is 6.07 Å². The van der Waals surface area contributed by atoms with Gasteiger partial charge in [0.1, 0.15) is 34.5 Å².